The van der Waals surface area contributed by atoms with E-state index in [0.717, 1.165) is 30.6 Å². The predicted molar refractivity (Wildman–Crippen MR) is 112 cm³/mol. The molecule has 0 N–H and O–H groups in total. The Balaban J connectivity index is 0.000000380. The maximum Gasteiger partial charge on any atom is 0 e. The number of hydrogen-bond donors (Lipinski definition) is 0. The van der Waals surface area contributed by atoms with Gasteiger partial charge in [0.25, 0.3) is 0 Å². The second-order valence-electron chi connectivity index (χ2n) is 6.19. The second-order valence-corrected chi connectivity index (χ2v) is 6.55. The molecule has 4 nitrogen and oxygen atoms in total. The van der Waals surface area contributed by atoms with Crippen LogP contribution in [0.2, 0.25) is 0 Å². The SMILES string of the molecule is C1=CCC2=CC=C[N-]C2=C1.C1CCC2[N-]CCCC2C1.N#C[S-].N#C[S-].[Zn]. The van der Waals surface area contributed by atoms with Crippen molar-refractivity contribution in [2.45, 2.75) is 51.0 Å². The van der Waals surface area contributed by atoms with Crippen LogP contribution in [0.5, 0.6) is 0 Å². The van der Waals surface area contributed by atoms with E-state index in [9.17, 15) is 0 Å². The Hall–Kier alpha value is -1.24. The van der Waals surface area contributed by atoms with Crippen LogP contribution in [0.25, 0.3) is 10.6 Å². The van der Waals surface area contributed by atoms with Crippen LogP contribution < -0.4 is 0 Å². The van der Waals surface area contributed by atoms with Gasteiger partial charge >= 0.3 is 0 Å². The van der Waals surface area contributed by atoms with Crippen molar-refractivity contribution in [1.82, 2.24) is 0 Å². The first kappa shape index (κ1) is 25.8. The molecule has 2 aliphatic carbocycles. The first-order chi connectivity index (χ1) is 12.8. The molecule has 4 aliphatic rings. The first-order valence-corrected chi connectivity index (χ1v) is 9.71. The number of fused-ring (bicyclic) bond motifs is 2. The average molecular weight is 450 g/mol. The molecule has 2 heterocycles. The minimum atomic E-state index is 0. The van der Waals surface area contributed by atoms with Crippen LogP contribution in [0, 0.1) is 27.2 Å². The van der Waals surface area contributed by atoms with Crippen LogP contribution >= 0.6 is 0 Å². The van der Waals surface area contributed by atoms with E-state index < -0.39 is 0 Å². The number of nitriles is 2. The summed E-state index contributed by atoms with van der Waals surface area (Å²) >= 11 is 7.40. The second kappa shape index (κ2) is 16.9. The van der Waals surface area contributed by atoms with Crippen molar-refractivity contribution in [1.29, 1.82) is 10.5 Å². The Bertz CT molecular complexity index is 548. The van der Waals surface area contributed by atoms with Crippen molar-refractivity contribution >= 4 is 25.3 Å². The molecule has 4 rings (SSSR count). The van der Waals surface area contributed by atoms with Crippen molar-refractivity contribution < 1.29 is 19.5 Å². The van der Waals surface area contributed by atoms with Crippen LogP contribution in [-0.2, 0) is 44.7 Å². The molecule has 0 bridgehead atoms. The molecule has 1 saturated carbocycles. The summed E-state index contributed by atoms with van der Waals surface area (Å²) in [5.74, 6) is 0.988. The van der Waals surface area contributed by atoms with Gasteiger partial charge in [-0.3, -0.25) is 0 Å². The van der Waals surface area contributed by atoms with E-state index in [4.69, 9.17) is 10.5 Å². The molecule has 2 atom stereocenters. The summed E-state index contributed by atoms with van der Waals surface area (Å²) in [5.41, 5.74) is 2.44. The van der Waals surface area contributed by atoms with Gasteiger partial charge in [-0.15, -0.1) is 18.3 Å². The van der Waals surface area contributed by atoms with Crippen LogP contribution in [0.4, 0.5) is 0 Å². The molecule has 0 amide bonds. The Morgan fingerprint density at radius 2 is 1.63 bits per heavy atom. The fourth-order valence-corrected chi connectivity index (χ4v) is 3.50. The summed E-state index contributed by atoms with van der Waals surface area (Å²) in [4.78, 5) is 0. The molecule has 7 heteroatoms. The summed E-state index contributed by atoms with van der Waals surface area (Å²) < 4.78 is 0. The van der Waals surface area contributed by atoms with Gasteiger partial charge in [-0.25, -0.2) is 10.5 Å². The van der Waals surface area contributed by atoms with Gasteiger partial charge in [0, 0.05) is 19.5 Å². The van der Waals surface area contributed by atoms with E-state index in [1.54, 1.807) is 0 Å². The number of piperidine rings is 1. The zero-order valence-corrected chi connectivity index (χ0v) is 20.2. The van der Waals surface area contributed by atoms with Gasteiger partial charge in [0.05, 0.1) is 0 Å². The summed E-state index contributed by atoms with van der Waals surface area (Å²) in [6.07, 6.45) is 21.8. The van der Waals surface area contributed by atoms with Crippen LogP contribution in [0.3, 0.4) is 0 Å². The van der Waals surface area contributed by atoms with Gasteiger partial charge in [-0.2, -0.15) is 6.20 Å². The Labute approximate surface area is 187 Å². The van der Waals surface area contributed by atoms with Crippen LogP contribution in [0.15, 0.2) is 47.9 Å². The molecule has 0 radical (unpaired) electrons. The molecule has 0 aromatic heterocycles. The number of thiocyanates is 2. The average Bonchev–Trinajstić information content (AvgIpc) is 2.70. The smallest absolute Gasteiger partial charge is 0 e. The van der Waals surface area contributed by atoms with Gasteiger partial charge in [0.1, 0.15) is 0 Å². The predicted octanol–water partition coefficient (Wildman–Crippen LogP) is 5.40. The number of nitrogens with zero attached hydrogens (tertiary/aromatic N) is 4. The largest absolute Gasteiger partial charge is 0.696 e. The Morgan fingerprint density at radius 1 is 0.963 bits per heavy atom. The number of allylic oxidation sites excluding steroid dienone is 6. The topological polar surface area (TPSA) is 75.8 Å². The van der Waals surface area contributed by atoms with Crippen LogP contribution in [-0.4, -0.2) is 12.6 Å². The van der Waals surface area contributed by atoms with Gasteiger partial charge < -0.3 is 35.9 Å². The monoisotopic (exact) mass is 448 g/mol. The molecule has 2 aliphatic heterocycles. The van der Waals surface area contributed by atoms with E-state index in [2.05, 4.69) is 54.1 Å². The maximum absolute atomic E-state index is 7.13. The maximum atomic E-state index is 7.13. The van der Waals surface area contributed by atoms with Crippen LogP contribution in [0.1, 0.15) is 44.9 Å². The summed E-state index contributed by atoms with van der Waals surface area (Å²) in [6.45, 7) is 1.15. The van der Waals surface area contributed by atoms with E-state index in [0.29, 0.717) is 0 Å². The zero-order chi connectivity index (χ0) is 19.0. The minimum Gasteiger partial charge on any atom is -0.696 e. The molecule has 2 fully saturated rings. The fourth-order valence-electron chi connectivity index (χ4n) is 3.50. The third-order valence-corrected chi connectivity index (χ3v) is 4.62. The van der Waals surface area contributed by atoms with Gasteiger partial charge in [0.15, 0.2) is 0 Å². The third-order valence-electron chi connectivity index (χ3n) is 4.62. The Morgan fingerprint density at radius 3 is 2.30 bits per heavy atom. The molecular formula is C20H24N4S2Zn-4. The molecule has 142 valence electrons. The standard InChI is InChI=1S/C9H16N.C9H8N.2CHNS.Zn/c2*1-2-6-9-8(4-1)5-3-7-10-9;2*2-1-3;/h8-9H,1-7H2;1-3,5-7H,4H2;2*3H;/q2*-1;;;/p-2. The van der Waals surface area contributed by atoms with E-state index in [-0.39, 0.29) is 19.5 Å². The molecule has 2 unspecified atom stereocenters. The van der Waals surface area contributed by atoms with Crippen molar-refractivity contribution in [3.63, 3.8) is 0 Å². The summed E-state index contributed by atoms with van der Waals surface area (Å²) in [5, 5.41) is 25.8. The van der Waals surface area contributed by atoms with Crippen molar-refractivity contribution in [3.8, 4) is 10.8 Å². The van der Waals surface area contributed by atoms with E-state index in [1.807, 2.05) is 18.4 Å². The molecular weight excluding hydrogens is 426 g/mol. The fraction of sp³-hybridized carbons (Fsp3) is 0.500. The first-order valence-electron chi connectivity index (χ1n) is 8.89. The molecule has 1 saturated heterocycles. The van der Waals surface area contributed by atoms with Crippen molar-refractivity contribution in [3.05, 3.63) is 58.5 Å². The number of hydrogen-bond acceptors (Lipinski definition) is 4. The third kappa shape index (κ3) is 10.6. The normalized spacial score (nSPS) is 23.3. The number of rotatable bonds is 0. The quantitative estimate of drug-likeness (QED) is 0.282. The molecule has 0 aromatic carbocycles. The Kier molecular flexibility index (Phi) is 16.1. The summed E-state index contributed by atoms with van der Waals surface area (Å²) in [7, 11) is 0. The minimum absolute atomic E-state index is 0. The van der Waals surface area contributed by atoms with Gasteiger partial charge in [0.2, 0.25) is 0 Å². The van der Waals surface area contributed by atoms with Gasteiger partial charge in [-0.05, 0) is 6.42 Å². The molecule has 27 heavy (non-hydrogen) atoms. The van der Waals surface area contributed by atoms with E-state index >= 15 is 0 Å². The summed E-state index contributed by atoms with van der Waals surface area (Å²) in [6, 6.07) is 0.780. The molecule has 0 spiro atoms. The molecule has 0 aromatic rings. The van der Waals surface area contributed by atoms with Gasteiger partial charge in [-0.1, -0.05) is 91.2 Å². The van der Waals surface area contributed by atoms with E-state index in [1.165, 1.54) is 54.9 Å². The van der Waals surface area contributed by atoms with Crippen molar-refractivity contribution in [2.75, 3.05) is 6.54 Å². The van der Waals surface area contributed by atoms with Crippen molar-refractivity contribution in [2.24, 2.45) is 5.92 Å². The zero-order valence-electron chi connectivity index (χ0n) is 15.6.